The van der Waals surface area contributed by atoms with Gasteiger partial charge < -0.3 is 5.32 Å². The van der Waals surface area contributed by atoms with Gasteiger partial charge in [0.25, 0.3) is 5.56 Å². The first-order chi connectivity index (χ1) is 12.8. The van der Waals surface area contributed by atoms with E-state index in [0.717, 1.165) is 44.6 Å². The second-order valence-electron chi connectivity index (χ2n) is 9.09. The predicted octanol–water partition coefficient (Wildman–Crippen LogP) is 2.31. The second kappa shape index (κ2) is 8.55. The molecule has 0 aromatic carbocycles. The fourth-order valence-electron chi connectivity index (χ4n) is 3.85. The van der Waals surface area contributed by atoms with Gasteiger partial charge in [0.15, 0.2) is 0 Å². The minimum Gasteiger partial charge on any atom is -0.354 e. The summed E-state index contributed by atoms with van der Waals surface area (Å²) in [6, 6.07) is 3.82. The SMILES string of the molecule is CC(C)(C)c1ccc(=O)n(CCN2CCCCC2CNC(=O)C2CCC2)n1. The minimum atomic E-state index is -0.0745. The highest BCUT2D eigenvalue weighted by molar-refractivity contribution is 5.79. The average Bonchev–Trinajstić information content (AvgIpc) is 2.57. The number of amides is 1. The maximum Gasteiger partial charge on any atom is 0.266 e. The molecule has 1 aliphatic heterocycles. The van der Waals surface area contributed by atoms with Gasteiger partial charge in [-0.05, 0) is 38.3 Å². The van der Waals surface area contributed by atoms with Crippen LogP contribution in [0.25, 0.3) is 0 Å². The van der Waals surface area contributed by atoms with Gasteiger partial charge in [-0.25, -0.2) is 4.68 Å². The van der Waals surface area contributed by atoms with Crippen LogP contribution in [0.4, 0.5) is 0 Å². The number of hydrogen-bond acceptors (Lipinski definition) is 4. The van der Waals surface area contributed by atoms with Crippen molar-refractivity contribution in [1.82, 2.24) is 20.0 Å². The maximum absolute atomic E-state index is 12.2. The van der Waals surface area contributed by atoms with Crippen molar-refractivity contribution in [3.8, 4) is 0 Å². The first-order valence-electron chi connectivity index (χ1n) is 10.4. The molecule has 2 heterocycles. The van der Waals surface area contributed by atoms with Crippen molar-refractivity contribution >= 4 is 5.91 Å². The van der Waals surface area contributed by atoms with E-state index < -0.39 is 0 Å². The number of carbonyl (C=O) groups is 1. The van der Waals surface area contributed by atoms with Crippen LogP contribution >= 0.6 is 0 Å². The summed E-state index contributed by atoms with van der Waals surface area (Å²) in [6.07, 6.45) is 6.76. The van der Waals surface area contributed by atoms with Crippen LogP contribution in [0.2, 0.25) is 0 Å². The highest BCUT2D eigenvalue weighted by Crippen LogP contribution is 2.26. The second-order valence-corrected chi connectivity index (χ2v) is 9.09. The highest BCUT2D eigenvalue weighted by Gasteiger charge is 2.27. The van der Waals surface area contributed by atoms with E-state index in [0.29, 0.717) is 12.6 Å². The Kier molecular flexibility index (Phi) is 6.35. The Hall–Kier alpha value is -1.69. The van der Waals surface area contributed by atoms with Crippen molar-refractivity contribution in [3.05, 3.63) is 28.2 Å². The lowest BCUT2D eigenvalue weighted by molar-refractivity contribution is -0.127. The molecule has 3 rings (SSSR count). The first kappa shape index (κ1) is 20.1. The summed E-state index contributed by atoms with van der Waals surface area (Å²) in [5, 5.41) is 7.73. The quantitative estimate of drug-likeness (QED) is 0.830. The lowest BCUT2D eigenvalue weighted by Crippen LogP contribution is -2.49. The fraction of sp³-hybridized carbons (Fsp3) is 0.762. The van der Waals surface area contributed by atoms with E-state index in [1.807, 2.05) is 6.07 Å². The van der Waals surface area contributed by atoms with Gasteiger partial charge in [0.2, 0.25) is 5.91 Å². The Morgan fingerprint density at radius 3 is 2.59 bits per heavy atom. The summed E-state index contributed by atoms with van der Waals surface area (Å²) in [7, 11) is 0. The van der Waals surface area contributed by atoms with Crippen LogP contribution < -0.4 is 10.9 Å². The zero-order valence-corrected chi connectivity index (χ0v) is 17.0. The van der Waals surface area contributed by atoms with E-state index in [-0.39, 0.29) is 22.8 Å². The largest absolute Gasteiger partial charge is 0.354 e. The molecular formula is C21H34N4O2. The molecule has 150 valence electrons. The number of aromatic nitrogens is 2. The third-order valence-electron chi connectivity index (χ3n) is 5.97. The zero-order valence-electron chi connectivity index (χ0n) is 17.0. The normalized spacial score (nSPS) is 21.7. The molecule has 27 heavy (non-hydrogen) atoms. The molecule has 2 aliphatic rings. The van der Waals surface area contributed by atoms with Gasteiger partial charge in [0, 0.05) is 36.5 Å². The maximum atomic E-state index is 12.2. The molecule has 0 radical (unpaired) electrons. The third kappa shape index (κ3) is 5.18. The van der Waals surface area contributed by atoms with E-state index in [9.17, 15) is 9.59 Å². The van der Waals surface area contributed by atoms with E-state index in [2.05, 4.69) is 36.1 Å². The molecule has 1 aromatic rings. The summed E-state index contributed by atoms with van der Waals surface area (Å²) in [4.78, 5) is 26.8. The summed E-state index contributed by atoms with van der Waals surface area (Å²) in [5.74, 6) is 0.465. The number of carbonyl (C=O) groups excluding carboxylic acids is 1. The number of nitrogens with one attached hydrogen (secondary N) is 1. The van der Waals surface area contributed by atoms with E-state index >= 15 is 0 Å². The molecule has 0 spiro atoms. The summed E-state index contributed by atoms with van der Waals surface area (Å²) >= 11 is 0. The van der Waals surface area contributed by atoms with Crippen LogP contribution in [0.15, 0.2) is 16.9 Å². The van der Waals surface area contributed by atoms with Crippen molar-refractivity contribution < 1.29 is 4.79 Å². The highest BCUT2D eigenvalue weighted by atomic mass is 16.2. The molecule has 0 bridgehead atoms. The van der Waals surface area contributed by atoms with Gasteiger partial charge in [-0.1, -0.05) is 33.6 Å². The molecular weight excluding hydrogens is 340 g/mol. The average molecular weight is 375 g/mol. The van der Waals surface area contributed by atoms with Gasteiger partial charge in [-0.3, -0.25) is 14.5 Å². The van der Waals surface area contributed by atoms with Crippen LogP contribution in [0.1, 0.15) is 65.0 Å². The van der Waals surface area contributed by atoms with Crippen LogP contribution in [0.3, 0.4) is 0 Å². The Morgan fingerprint density at radius 1 is 1.15 bits per heavy atom. The predicted molar refractivity (Wildman–Crippen MR) is 107 cm³/mol. The minimum absolute atomic E-state index is 0.0464. The van der Waals surface area contributed by atoms with Crippen LogP contribution in [0.5, 0.6) is 0 Å². The lowest BCUT2D eigenvalue weighted by Gasteiger charge is -2.36. The first-order valence-corrected chi connectivity index (χ1v) is 10.4. The molecule has 1 saturated carbocycles. The van der Waals surface area contributed by atoms with Gasteiger partial charge in [-0.2, -0.15) is 5.10 Å². The smallest absolute Gasteiger partial charge is 0.266 e. The Balaban J connectivity index is 1.58. The molecule has 1 atom stereocenters. The Labute approximate surface area is 162 Å². The van der Waals surface area contributed by atoms with E-state index in [1.165, 1.54) is 19.3 Å². The third-order valence-corrected chi connectivity index (χ3v) is 5.97. The fourth-order valence-corrected chi connectivity index (χ4v) is 3.85. The number of nitrogens with zero attached hydrogens (tertiary/aromatic N) is 3. The Morgan fingerprint density at radius 2 is 1.93 bits per heavy atom. The summed E-state index contributed by atoms with van der Waals surface area (Å²) < 4.78 is 1.60. The van der Waals surface area contributed by atoms with Crippen LogP contribution in [-0.4, -0.2) is 46.3 Å². The molecule has 1 aliphatic carbocycles. The van der Waals surface area contributed by atoms with Crippen LogP contribution in [-0.2, 0) is 16.8 Å². The van der Waals surface area contributed by atoms with Crippen molar-refractivity contribution in [2.45, 2.75) is 77.3 Å². The van der Waals surface area contributed by atoms with Gasteiger partial charge in [-0.15, -0.1) is 0 Å². The summed E-state index contributed by atoms with van der Waals surface area (Å²) in [6.45, 7) is 9.46. The molecule has 2 fully saturated rings. The van der Waals surface area contributed by atoms with Crippen molar-refractivity contribution in [1.29, 1.82) is 0 Å². The zero-order chi connectivity index (χ0) is 19.4. The lowest BCUT2D eigenvalue weighted by atomic mass is 9.85. The van der Waals surface area contributed by atoms with Gasteiger partial charge in [0.05, 0.1) is 12.2 Å². The van der Waals surface area contributed by atoms with Crippen LogP contribution in [0, 0.1) is 5.92 Å². The van der Waals surface area contributed by atoms with Gasteiger partial charge in [0.1, 0.15) is 0 Å². The molecule has 1 amide bonds. The molecule has 1 aromatic heterocycles. The summed E-state index contributed by atoms with van der Waals surface area (Å²) in [5.41, 5.74) is 0.814. The Bertz CT molecular complexity index is 703. The number of likely N-dealkylation sites (tertiary alicyclic amines) is 1. The van der Waals surface area contributed by atoms with Gasteiger partial charge >= 0.3 is 0 Å². The number of hydrogen-bond donors (Lipinski definition) is 1. The van der Waals surface area contributed by atoms with Crippen molar-refractivity contribution in [2.24, 2.45) is 5.92 Å². The molecule has 6 nitrogen and oxygen atoms in total. The molecule has 6 heteroatoms. The number of rotatable bonds is 6. The van der Waals surface area contributed by atoms with Crippen molar-refractivity contribution in [2.75, 3.05) is 19.6 Å². The van der Waals surface area contributed by atoms with E-state index in [4.69, 9.17) is 0 Å². The molecule has 1 unspecified atom stereocenters. The van der Waals surface area contributed by atoms with E-state index in [1.54, 1.807) is 10.7 Å². The monoisotopic (exact) mass is 374 g/mol. The number of piperidine rings is 1. The standard InChI is InChI=1S/C21H34N4O2/c1-21(2,3)18-10-11-19(26)25(23-18)14-13-24-12-5-4-9-17(24)15-22-20(27)16-7-6-8-16/h10-11,16-17H,4-9,12-15H2,1-3H3,(H,22,27). The molecule has 1 N–H and O–H groups in total. The topological polar surface area (TPSA) is 67.2 Å². The molecule has 1 saturated heterocycles. The van der Waals surface area contributed by atoms with Crippen molar-refractivity contribution in [3.63, 3.8) is 0 Å².